The third kappa shape index (κ3) is 7.02. The molecule has 1 atom stereocenters. The molecule has 3 aromatic carbocycles. The molecule has 1 unspecified atom stereocenters. The number of aliphatic hydroxyl groups excluding tert-OH is 1. The highest BCUT2D eigenvalue weighted by molar-refractivity contribution is 7.99. The highest BCUT2D eigenvalue weighted by Gasteiger charge is 2.58. The van der Waals surface area contributed by atoms with E-state index in [1.54, 1.807) is 40.7 Å². The van der Waals surface area contributed by atoms with Gasteiger partial charge in [-0.15, -0.1) is 0 Å². The standard InChI is InChI=1S/C36H38NO7P/c1-6-42-35(40)32(38)30-23-16-24-37(30)31(34(39)43-25(2)3)33(36(41)44-26(4)5)45(27-17-10-7-11-18-27,28-19-12-8-13-20-28)29-21-14-9-15-22-29/h7-26,31H,6H2,1-5H3/p+1/b36-33-. The van der Waals surface area contributed by atoms with E-state index in [-0.39, 0.29) is 17.6 Å². The first-order valence-electron chi connectivity index (χ1n) is 14.9. The quantitative estimate of drug-likeness (QED) is 0.0649. The Kier molecular flexibility index (Phi) is 11.0. The summed E-state index contributed by atoms with van der Waals surface area (Å²) in [4.78, 5) is 40.6. The molecule has 0 fully saturated rings. The number of rotatable bonds is 13. The number of esters is 2. The van der Waals surface area contributed by atoms with Crippen molar-refractivity contribution in [2.24, 2.45) is 0 Å². The lowest BCUT2D eigenvalue weighted by molar-refractivity contribution is -0.150. The molecule has 234 valence electrons. The van der Waals surface area contributed by atoms with E-state index in [9.17, 15) is 19.5 Å². The zero-order valence-electron chi connectivity index (χ0n) is 26.1. The monoisotopic (exact) mass is 628 g/mol. The van der Waals surface area contributed by atoms with E-state index in [4.69, 9.17) is 14.2 Å². The number of aromatic nitrogens is 1. The summed E-state index contributed by atoms with van der Waals surface area (Å²) in [6.07, 6.45) is 0.514. The van der Waals surface area contributed by atoms with Gasteiger partial charge in [-0.25, -0.2) is 9.59 Å². The summed E-state index contributed by atoms with van der Waals surface area (Å²) in [6, 6.07) is 30.5. The number of ether oxygens (including phenoxy) is 3. The van der Waals surface area contributed by atoms with Crippen LogP contribution in [0.1, 0.15) is 51.1 Å². The molecule has 9 heteroatoms. The summed E-state index contributed by atoms with van der Waals surface area (Å²) >= 11 is 0. The third-order valence-electron chi connectivity index (χ3n) is 6.94. The molecule has 0 amide bonds. The van der Waals surface area contributed by atoms with Crippen molar-refractivity contribution in [1.29, 1.82) is 0 Å². The molecule has 0 radical (unpaired) electrons. The number of ketones is 1. The number of hydrogen-bond acceptors (Lipinski definition) is 7. The summed E-state index contributed by atoms with van der Waals surface area (Å²) in [5, 5.41) is 14.8. The van der Waals surface area contributed by atoms with Crippen LogP contribution in [0, 0.1) is 0 Å². The average Bonchev–Trinajstić information content (AvgIpc) is 3.51. The molecule has 8 nitrogen and oxygen atoms in total. The Morgan fingerprint density at radius 3 is 1.60 bits per heavy atom. The predicted molar refractivity (Wildman–Crippen MR) is 177 cm³/mol. The van der Waals surface area contributed by atoms with Crippen LogP contribution >= 0.6 is 7.26 Å². The molecule has 0 aliphatic carbocycles. The number of aliphatic hydroxyl groups is 1. The second-order valence-corrected chi connectivity index (χ2v) is 14.1. The van der Waals surface area contributed by atoms with Crippen LogP contribution < -0.4 is 15.9 Å². The fourth-order valence-corrected chi connectivity index (χ4v) is 9.84. The highest BCUT2D eigenvalue weighted by Crippen LogP contribution is 2.66. The van der Waals surface area contributed by atoms with Gasteiger partial charge >= 0.3 is 17.9 Å². The van der Waals surface area contributed by atoms with Crippen molar-refractivity contribution in [2.45, 2.75) is 52.9 Å². The van der Waals surface area contributed by atoms with Crippen LogP contribution in [0.5, 0.6) is 0 Å². The maximum Gasteiger partial charge on any atom is 0.381 e. The van der Waals surface area contributed by atoms with Crippen molar-refractivity contribution in [3.8, 4) is 0 Å². The van der Waals surface area contributed by atoms with E-state index in [1.165, 1.54) is 16.8 Å². The number of hydrogen-bond donors (Lipinski definition) is 1. The summed E-state index contributed by atoms with van der Waals surface area (Å²) in [5.74, 6) is -3.20. The van der Waals surface area contributed by atoms with Gasteiger partial charge in [-0.2, -0.15) is 0 Å². The molecule has 0 aliphatic heterocycles. The molecule has 0 saturated heterocycles. The fraction of sp³-hybridized carbons (Fsp3) is 0.250. The molecule has 0 saturated carbocycles. The van der Waals surface area contributed by atoms with Crippen molar-refractivity contribution < 1.29 is 33.7 Å². The smallest absolute Gasteiger partial charge is 0.381 e. The lowest BCUT2D eigenvalue weighted by Gasteiger charge is -2.34. The number of Topliss-reactive ketones (excluding diaryl/α,β-unsaturated/α-hetero) is 1. The maximum absolute atomic E-state index is 14.4. The van der Waals surface area contributed by atoms with Crippen molar-refractivity contribution in [2.75, 3.05) is 6.61 Å². The van der Waals surface area contributed by atoms with Crippen LogP contribution in [0.2, 0.25) is 0 Å². The minimum absolute atomic E-state index is 0.00291. The highest BCUT2D eigenvalue weighted by atomic mass is 31.2. The lowest BCUT2D eigenvalue weighted by Crippen LogP contribution is -2.39. The SMILES string of the molecule is CCOC(=O)C(=O)c1cccn1C(C(=O)OC(C)C)/C(=C(\O)OC(C)C)[P+](c1ccccc1)(c1ccccc1)c1ccccc1. The average molecular weight is 629 g/mol. The largest absolute Gasteiger partial charge is 0.478 e. The zero-order chi connectivity index (χ0) is 32.6. The van der Waals surface area contributed by atoms with Gasteiger partial charge in [0.05, 0.1) is 24.5 Å². The summed E-state index contributed by atoms with van der Waals surface area (Å²) in [6.45, 7) is 8.59. The fourth-order valence-electron chi connectivity index (χ4n) is 5.31. The minimum Gasteiger partial charge on any atom is -0.478 e. The Morgan fingerprint density at radius 2 is 1.18 bits per heavy atom. The Bertz CT molecular complexity index is 1530. The van der Waals surface area contributed by atoms with Gasteiger partial charge in [0, 0.05) is 6.20 Å². The Balaban J connectivity index is 2.22. The Morgan fingerprint density at radius 1 is 0.711 bits per heavy atom. The number of benzene rings is 3. The van der Waals surface area contributed by atoms with E-state index in [2.05, 4.69) is 0 Å². The second kappa shape index (κ2) is 14.9. The van der Waals surface area contributed by atoms with E-state index in [0.29, 0.717) is 0 Å². The molecule has 0 aliphatic rings. The van der Waals surface area contributed by atoms with Crippen LogP contribution in [0.4, 0.5) is 0 Å². The normalized spacial score (nSPS) is 12.8. The molecule has 1 N–H and O–H groups in total. The van der Waals surface area contributed by atoms with Gasteiger partial charge in [-0.1, -0.05) is 54.6 Å². The molecule has 0 bridgehead atoms. The predicted octanol–water partition coefficient (Wildman–Crippen LogP) is 5.87. The van der Waals surface area contributed by atoms with E-state index < -0.39 is 49.2 Å². The first-order valence-corrected chi connectivity index (χ1v) is 16.7. The molecule has 0 spiro atoms. The van der Waals surface area contributed by atoms with Crippen LogP contribution in [0.25, 0.3) is 0 Å². The van der Waals surface area contributed by atoms with Gasteiger partial charge in [0.1, 0.15) is 15.9 Å². The van der Waals surface area contributed by atoms with Crippen LogP contribution in [-0.2, 0) is 23.8 Å². The summed E-state index contributed by atoms with van der Waals surface area (Å²) < 4.78 is 18.3. The molecule has 1 heterocycles. The van der Waals surface area contributed by atoms with Crippen molar-refractivity contribution >= 4 is 40.9 Å². The Labute approximate surface area is 264 Å². The van der Waals surface area contributed by atoms with E-state index in [1.807, 2.05) is 91.0 Å². The van der Waals surface area contributed by atoms with Gasteiger partial charge in [0.25, 0.3) is 5.78 Å². The molecular weight excluding hydrogens is 589 g/mol. The minimum atomic E-state index is -3.20. The molecule has 4 rings (SSSR count). The second-order valence-electron chi connectivity index (χ2n) is 10.8. The van der Waals surface area contributed by atoms with E-state index in [0.717, 1.165) is 15.9 Å². The van der Waals surface area contributed by atoms with Crippen molar-refractivity contribution in [3.63, 3.8) is 0 Å². The summed E-state index contributed by atoms with van der Waals surface area (Å²) in [5.41, 5.74) is -0.0960. The van der Waals surface area contributed by atoms with E-state index >= 15 is 0 Å². The molecule has 45 heavy (non-hydrogen) atoms. The maximum atomic E-state index is 14.4. The summed E-state index contributed by atoms with van der Waals surface area (Å²) in [7, 11) is -3.20. The number of nitrogens with zero attached hydrogens (tertiary/aromatic N) is 1. The van der Waals surface area contributed by atoms with Gasteiger partial charge in [-0.3, -0.25) is 4.79 Å². The van der Waals surface area contributed by atoms with Crippen molar-refractivity contribution in [3.05, 3.63) is 126 Å². The van der Waals surface area contributed by atoms with Gasteiger partial charge in [0.2, 0.25) is 5.31 Å². The molecular formula is C36H39NO7P+. The number of carbonyl (C=O) groups is 3. The third-order valence-corrected chi connectivity index (χ3v) is 11.3. The molecule has 4 aromatic rings. The first-order chi connectivity index (χ1) is 21.6. The van der Waals surface area contributed by atoms with Crippen LogP contribution in [-0.4, -0.2) is 46.2 Å². The van der Waals surface area contributed by atoms with Crippen LogP contribution in [0.3, 0.4) is 0 Å². The zero-order valence-corrected chi connectivity index (χ0v) is 27.0. The van der Waals surface area contributed by atoms with Gasteiger partial charge < -0.3 is 23.9 Å². The van der Waals surface area contributed by atoms with Crippen molar-refractivity contribution in [1.82, 2.24) is 4.57 Å². The Hall–Kier alpha value is -4.68. The topological polar surface area (TPSA) is 104 Å². The van der Waals surface area contributed by atoms with Gasteiger partial charge in [-0.05, 0) is 83.1 Å². The first kappa shape index (κ1) is 33.2. The molecule has 1 aromatic heterocycles. The lowest BCUT2D eigenvalue weighted by atomic mass is 10.2. The number of carbonyl (C=O) groups excluding carboxylic acids is 3. The van der Waals surface area contributed by atoms with Crippen LogP contribution in [0.15, 0.2) is 121 Å². The van der Waals surface area contributed by atoms with Gasteiger partial charge in [0.15, 0.2) is 13.3 Å².